The topological polar surface area (TPSA) is 119 Å². The number of aliphatic hydroxyl groups excluding tert-OH is 1. The highest BCUT2D eigenvalue weighted by atomic mass is 16.7. The van der Waals surface area contributed by atoms with E-state index in [9.17, 15) is 24.6 Å². The van der Waals surface area contributed by atoms with Crippen molar-refractivity contribution in [1.82, 2.24) is 15.1 Å². The molecule has 3 fully saturated rings. The summed E-state index contributed by atoms with van der Waals surface area (Å²) in [4.78, 5) is 40.6. The fourth-order valence-corrected chi connectivity index (χ4v) is 4.34. The molecule has 3 saturated heterocycles. The van der Waals surface area contributed by atoms with Crippen molar-refractivity contribution in [1.29, 1.82) is 0 Å². The second-order valence-corrected chi connectivity index (χ2v) is 7.52. The molecule has 1 aromatic carbocycles. The summed E-state index contributed by atoms with van der Waals surface area (Å²) in [6.07, 6.45) is 3.87. The molecular weight excluding hydrogens is 378 g/mol. The zero-order valence-corrected chi connectivity index (χ0v) is 15.9. The van der Waals surface area contributed by atoms with Crippen molar-refractivity contribution in [3.05, 3.63) is 42.0 Å². The number of benzene rings is 1. The van der Waals surface area contributed by atoms with Gasteiger partial charge in [-0.25, -0.2) is 0 Å². The first-order chi connectivity index (χ1) is 13.8. The summed E-state index contributed by atoms with van der Waals surface area (Å²) >= 11 is 0. The predicted molar refractivity (Wildman–Crippen MR) is 101 cm³/mol. The zero-order valence-electron chi connectivity index (χ0n) is 15.9. The van der Waals surface area contributed by atoms with Crippen LogP contribution in [0.2, 0.25) is 0 Å². The van der Waals surface area contributed by atoms with E-state index in [1.165, 1.54) is 17.9 Å². The molecule has 29 heavy (non-hydrogen) atoms. The maximum Gasteiger partial charge on any atom is 0.283 e. The van der Waals surface area contributed by atoms with Crippen LogP contribution in [0, 0.1) is 0 Å². The fourth-order valence-electron chi connectivity index (χ4n) is 4.34. The van der Waals surface area contributed by atoms with E-state index in [-0.39, 0.29) is 5.91 Å². The first-order valence-electron chi connectivity index (χ1n) is 9.55. The molecule has 0 spiro atoms. The summed E-state index contributed by atoms with van der Waals surface area (Å²) in [6.45, 7) is 1.07. The Morgan fingerprint density at radius 1 is 1.34 bits per heavy atom. The van der Waals surface area contributed by atoms with E-state index < -0.39 is 42.1 Å². The van der Waals surface area contributed by atoms with E-state index in [0.717, 1.165) is 10.5 Å². The lowest BCUT2D eigenvalue weighted by atomic mass is 10.0. The van der Waals surface area contributed by atoms with Gasteiger partial charge in [0.05, 0.1) is 0 Å². The number of carbonyl (C=O) groups is 3. The molecule has 154 valence electrons. The van der Waals surface area contributed by atoms with Gasteiger partial charge in [0.15, 0.2) is 0 Å². The number of nitrogens with one attached hydrogen (secondary N) is 1. The lowest BCUT2D eigenvalue weighted by Gasteiger charge is -2.47. The lowest BCUT2D eigenvalue weighted by molar-refractivity contribution is -0.318. The normalized spacial score (nSPS) is 33.9. The number of piperazine rings is 1. The second kappa shape index (κ2) is 6.94. The Morgan fingerprint density at radius 3 is 2.76 bits per heavy atom. The van der Waals surface area contributed by atoms with Gasteiger partial charge in [-0.05, 0) is 31.4 Å². The molecule has 3 N–H and O–H groups in total. The van der Waals surface area contributed by atoms with Crippen molar-refractivity contribution >= 4 is 23.8 Å². The molecule has 9 heteroatoms. The van der Waals surface area contributed by atoms with Gasteiger partial charge in [0.25, 0.3) is 11.8 Å². The van der Waals surface area contributed by atoms with E-state index in [4.69, 9.17) is 4.74 Å². The molecule has 9 nitrogen and oxygen atoms in total. The number of nitrogens with zero attached hydrogens (tertiary/aromatic N) is 2. The Bertz CT molecular complexity index is 874. The summed E-state index contributed by atoms with van der Waals surface area (Å²) in [7, 11) is 0. The second-order valence-electron chi connectivity index (χ2n) is 7.52. The molecule has 3 aliphatic rings. The molecule has 4 rings (SSSR count). The summed E-state index contributed by atoms with van der Waals surface area (Å²) in [6, 6.07) is 7.34. The third kappa shape index (κ3) is 2.93. The molecule has 3 aliphatic heterocycles. The number of ether oxygens (including phenoxy) is 1. The SMILES string of the molecule is C[C@@H]1C(=O)N2CCC[C@H]2[C@]2(O)O[C@@](CO)(NC(=O)/C=C/c3ccccc3)C(=O)N12. The van der Waals surface area contributed by atoms with Crippen molar-refractivity contribution in [3.8, 4) is 0 Å². The molecule has 4 atom stereocenters. The highest BCUT2D eigenvalue weighted by molar-refractivity contribution is 6.00. The molecule has 0 bridgehead atoms. The van der Waals surface area contributed by atoms with E-state index in [2.05, 4.69) is 5.32 Å². The van der Waals surface area contributed by atoms with Crippen LogP contribution in [0.4, 0.5) is 0 Å². The molecule has 0 aromatic heterocycles. The van der Waals surface area contributed by atoms with Crippen LogP contribution in [0.1, 0.15) is 25.3 Å². The van der Waals surface area contributed by atoms with Gasteiger partial charge >= 0.3 is 0 Å². The average Bonchev–Trinajstić information content (AvgIpc) is 3.29. The van der Waals surface area contributed by atoms with Crippen LogP contribution in [0.5, 0.6) is 0 Å². The Kier molecular flexibility index (Phi) is 4.68. The van der Waals surface area contributed by atoms with Gasteiger partial charge in [0.1, 0.15) is 18.7 Å². The summed E-state index contributed by atoms with van der Waals surface area (Å²) in [5.74, 6) is -3.93. The maximum atomic E-state index is 13.1. The Hall–Kier alpha value is -2.75. The molecule has 3 amide bonds. The van der Waals surface area contributed by atoms with Crippen LogP contribution < -0.4 is 5.32 Å². The fraction of sp³-hybridized carbons (Fsp3) is 0.450. The Balaban J connectivity index is 1.61. The van der Waals surface area contributed by atoms with Crippen molar-refractivity contribution in [2.45, 2.75) is 43.5 Å². The van der Waals surface area contributed by atoms with Crippen molar-refractivity contribution < 1.29 is 29.3 Å². The molecule has 0 unspecified atom stereocenters. The summed E-state index contributed by atoms with van der Waals surface area (Å²) in [5, 5.41) is 23.6. The van der Waals surface area contributed by atoms with E-state index >= 15 is 0 Å². The molecule has 0 radical (unpaired) electrons. The van der Waals surface area contributed by atoms with Gasteiger partial charge in [0, 0.05) is 12.6 Å². The van der Waals surface area contributed by atoms with Gasteiger partial charge in [0.2, 0.25) is 17.5 Å². The van der Waals surface area contributed by atoms with E-state index in [1.807, 2.05) is 18.2 Å². The summed E-state index contributed by atoms with van der Waals surface area (Å²) < 4.78 is 5.68. The van der Waals surface area contributed by atoms with Gasteiger partial charge in [-0.2, -0.15) is 0 Å². The van der Waals surface area contributed by atoms with Crippen LogP contribution in [-0.4, -0.2) is 74.6 Å². The van der Waals surface area contributed by atoms with E-state index in [0.29, 0.717) is 19.4 Å². The molecule has 3 heterocycles. The van der Waals surface area contributed by atoms with Crippen LogP contribution in [0.15, 0.2) is 36.4 Å². The minimum absolute atomic E-state index is 0.293. The summed E-state index contributed by atoms with van der Waals surface area (Å²) in [5.41, 5.74) is -1.39. The zero-order chi connectivity index (χ0) is 20.8. The maximum absolute atomic E-state index is 13.1. The highest BCUT2D eigenvalue weighted by Crippen LogP contribution is 2.44. The minimum atomic E-state index is -2.17. The van der Waals surface area contributed by atoms with Crippen LogP contribution >= 0.6 is 0 Å². The molecule has 0 aliphatic carbocycles. The molecule has 1 aromatic rings. The quantitative estimate of drug-likeness (QED) is 0.580. The smallest absolute Gasteiger partial charge is 0.283 e. The number of hydrogen-bond donors (Lipinski definition) is 3. The average molecular weight is 401 g/mol. The molecule has 0 saturated carbocycles. The Morgan fingerprint density at radius 2 is 2.07 bits per heavy atom. The van der Waals surface area contributed by atoms with Crippen molar-refractivity contribution in [2.24, 2.45) is 0 Å². The number of fused-ring (bicyclic) bond motifs is 3. The first kappa shape index (κ1) is 19.6. The van der Waals surface area contributed by atoms with Crippen molar-refractivity contribution in [3.63, 3.8) is 0 Å². The third-order valence-corrected chi connectivity index (χ3v) is 5.72. The van der Waals surface area contributed by atoms with Gasteiger partial charge in [-0.1, -0.05) is 30.3 Å². The van der Waals surface area contributed by atoms with Crippen LogP contribution in [-0.2, 0) is 19.1 Å². The molecular formula is C20H23N3O6. The number of hydrogen-bond acceptors (Lipinski definition) is 6. The largest absolute Gasteiger partial charge is 0.391 e. The first-order valence-corrected chi connectivity index (χ1v) is 9.55. The Labute approximate surface area is 167 Å². The highest BCUT2D eigenvalue weighted by Gasteiger charge is 2.70. The standard InChI is InChI=1S/C20H23N3O6/c1-13-17(26)22-11-5-8-15(22)20(28)23(13)18(27)19(12-24,29-20)21-16(25)10-9-14-6-3-2-4-7-14/h2-4,6-7,9-10,13,15,24,28H,5,8,11-12H2,1H3,(H,21,25)/b10-9+/t13-,15+,19-,20+/m1/s1. The van der Waals surface area contributed by atoms with Gasteiger partial charge in [-0.3, -0.25) is 24.0 Å². The lowest BCUT2D eigenvalue weighted by Crippen LogP contribution is -2.70. The van der Waals surface area contributed by atoms with Crippen molar-refractivity contribution in [2.75, 3.05) is 13.2 Å². The number of aliphatic hydroxyl groups is 2. The number of rotatable bonds is 4. The monoisotopic (exact) mass is 401 g/mol. The number of carbonyl (C=O) groups excluding carboxylic acids is 3. The van der Waals surface area contributed by atoms with Crippen LogP contribution in [0.25, 0.3) is 6.08 Å². The van der Waals surface area contributed by atoms with Gasteiger partial charge < -0.3 is 20.4 Å². The number of amides is 3. The predicted octanol–water partition coefficient (Wildman–Crippen LogP) is -0.597. The minimum Gasteiger partial charge on any atom is -0.391 e. The third-order valence-electron chi connectivity index (χ3n) is 5.72. The van der Waals surface area contributed by atoms with E-state index in [1.54, 1.807) is 18.2 Å². The van der Waals surface area contributed by atoms with Gasteiger partial charge in [-0.15, -0.1) is 0 Å². The van der Waals surface area contributed by atoms with Crippen LogP contribution in [0.3, 0.4) is 0 Å².